The molecule has 0 saturated carbocycles. The number of pyridine rings is 1. The molecule has 0 bridgehead atoms. The number of nitrogens with one attached hydrogen (secondary N) is 2. The third kappa shape index (κ3) is 6.85. The summed E-state index contributed by atoms with van der Waals surface area (Å²) in [6.07, 6.45) is -2.10. The fraction of sp³-hybridized carbons (Fsp3) is 0.571. The molecule has 1 aliphatic rings. The van der Waals surface area contributed by atoms with Gasteiger partial charge in [0.15, 0.2) is 6.61 Å². The molecule has 2 N–H and O–H groups in total. The molecule has 1 amide bonds. The number of methoxy groups -OCH3 is 1. The summed E-state index contributed by atoms with van der Waals surface area (Å²) in [5, 5.41) is 5.82. The van der Waals surface area contributed by atoms with Gasteiger partial charge in [-0.2, -0.15) is 13.2 Å². The average molecular weight is 406 g/mol. The zero-order valence-electron chi connectivity index (χ0n) is 13.4. The van der Waals surface area contributed by atoms with E-state index in [4.69, 9.17) is 4.74 Å². The van der Waals surface area contributed by atoms with Crippen LogP contribution in [0.4, 0.5) is 18.9 Å². The molecule has 2 heterocycles. The molecule has 0 unspecified atom stereocenters. The van der Waals surface area contributed by atoms with E-state index in [1.807, 2.05) is 0 Å². The predicted octanol–water partition coefficient (Wildman–Crippen LogP) is 2.57. The lowest BCUT2D eigenvalue weighted by atomic mass is 9.91. The van der Waals surface area contributed by atoms with Gasteiger partial charge in [0.25, 0.3) is 5.91 Å². The highest BCUT2D eigenvalue weighted by atomic mass is 35.5. The van der Waals surface area contributed by atoms with Crippen LogP contribution in [-0.4, -0.2) is 49.5 Å². The van der Waals surface area contributed by atoms with Gasteiger partial charge in [-0.3, -0.25) is 4.79 Å². The largest absolute Gasteiger partial charge is 0.468 e. The topological polar surface area (TPSA) is 72.5 Å². The lowest BCUT2D eigenvalue weighted by molar-refractivity contribution is -0.154. The Morgan fingerprint density at radius 2 is 1.96 bits per heavy atom. The first-order valence-corrected chi connectivity index (χ1v) is 7.08. The fourth-order valence-electron chi connectivity index (χ4n) is 2.29. The Kier molecular flexibility index (Phi) is 9.49. The zero-order valence-corrected chi connectivity index (χ0v) is 15.0. The van der Waals surface area contributed by atoms with Gasteiger partial charge in [-0.25, -0.2) is 4.98 Å². The van der Waals surface area contributed by atoms with Crippen LogP contribution in [0.3, 0.4) is 0 Å². The van der Waals surface area contributed by atoms with E-state index >= 15 is 0 Å². The first-order valence-electron chi connectivity index (χ1n) is 7.08. The second-order valence-corrected chi connectivity index (χ2v) is 5.19. The molecule has 0 aromatic carbocycles. The molecule has 1 saturated heterocycles. The number of alkyl halides is 3. The molecule has 6 nitrogen and oxygen atoms in total. The normalized spacial score (nSPS) is 16.2. The molecular weight excluding hydrogens is 386 g/mol. The summed E-state index contributed by atoms with van der Waals surface area (Å²) in [6, 6.07) is 2.70. The van der Waals surface area contributed by atoms with Crippen LogP contribution in [0.15, 0.2) is 18.3 Å². The smallest absolute Gasteiger partial charge is 0.422 e. The van der Waals surface area contributed by atoms with E-state index in [2.05, 4.69) is 20.4 Å². The molecule has 0 aliphatic carbocycles. The van der Waals surface area contributed by atoms with Crippen molar-refractivity contribution in [3.63, 3.8) is 0 Å². The minimum Gasteiger partial charge on any atom is -0.468 e. The molecular formula is C14H20Cl2F3N3O3. The highest BCUT2D eigenvalue weighted by molar-refractivity contribution is 5.97. The molecule has 1 aliphatic heterocycles. The number of halogens is 5. The molecule has 2 rings (SSSR count). The standard InChI is InChI=1S/C14H18F3N3O3.2ClH/c1-22-13(4-6-18-7-5-13)12(21)20-10-2-3-11(19-8-10)23-9-14(15,16)17;;/h2-3,8,18H,4-7,9H2,1H3,(H,20,21);2*1H. The summed E-state index contributed by atoms with van der Waals surface area (Å²) >= 11 is 0. The summed E-state index contributed by atoms with van der Waals surface area (Å²) < 4.78 is 46.0. The van der Waals surface area contributed by atoms with Crippen LogP contribution in [0.5, 0.6) is 5.88 Å². The highest BCUT2D eigenvalue weighted by Crippen LogP contribution is 2.25. The van der Waals surface area contributed by atoms with Crippen molar-refractivity contribution < 1.29 is 27.4 Å². The summed E-state index contributed by atoms with van der Waals surface area (Å²) in [6.45, 7) is -0.0705. The quantitative estimate of drug-likeness (QED) is 0.787. The van der Waals surface area contributed by atoms with E-state index in [-0.39, 0.29) is 36.6 Å². The first kappa shape index (κ1) is 23.7. The van der Waals surface area contributed by atoms with E-state index in [0.717, 1.165) is 0 Å². The number of aromatic nitrogens is 1. The Bertz CT molecular complexity index is 538. The van der Waals surface area contributed by atoms with E-state index in [1.54, 1.807) is 0 Å². The van der Waals surface area contributed by atoms with Gasteiger partial charge in [0.1, 0.15) is 5.60 Å². The van der Waals surface area contributed by atoms with Crippen molar-refractivity contribution in [2.45, 2.75) is 24.6 Å². The van der Waals surface area contributed by atoms with E-state index in [1.165, 1.54) is 25.4 Å². The summed E-state index contributed by atoms with van der Waals surface area (Å²) in [5.41, 5.74) is -0.541. The Hall–Kier alpha value is -1.29. The van der Waals surface area contributed by atoms with Gasteiger partial charge in [-0.05, 0) is 32.0 Å². The van der Waals surface area contributed by atoms with Gasteiger partial charge in [0, 0.05) is 13.2 Å². The molecule has 0 radical (unpaired) electrons. The summed E-state index contributed by atoms with van der Waals surface area (Å²) in [7, 11) is 1.48. The van der Waals surface area contributed by atoms with Crippen LogP contribution in [0.2, 0.25) is 0 Å². The van der Waals surface area contributed by atoms with Crippen molar-refractivity contribution in [2.75, 3.05) is 32.1 Å². The summed E-state index contributed by atoms with van der Waals surface area (Å²) in [4.78, 5) is 16.1. The molecule has 144 valence electrons. The van der Waals surface area contributed by atoms with Crippen LogP contribution in [0.1, 0.15) is 12.8 Å². The van der Waals surface area contributed by atoms with Crippen LogP contribution in [0, 0.1) is 0 Å². The van der Waals surface area contributed by atoms with Crippen molar-refractivity contribution in [1.82, 2.24) is 10.3 Å². The van der Waals surface area contributed by atoms with Crippen molar-refractivity contribution in [3.05, 3.63) is 18.3 Å². The Morgan fingerprint density at radius 1 is 1.32 bits per heavy atom. The van der Waals surface area contributed by atoms with Crippen molar-refractivity contribution in [2.24, 2.45) is 0 Å². The van der Waals surface area contributed by atoms with Crippen molar-refractivity contribution in [1.29, 1.82) is 0 Å². The highest BCUT2D eigenvalue weighted by Gasteiger charge is 2.39. The number of nitrogens with zero attached hydrogens (tertiary/aromatic N) is 1. The fourth-order valence-corrected chi connectivity index (χ4v) is 2.29. The lowest BCUT2D eigenvalue weighted by Gasteiger charge is -2.34. The lowest BCUT2D eigenvalue weighted by Crippen LogP contribution is -2.51. The Morgan fingerprint density at radius 3 is 2.44 bits per heavy atom. The maximum absolute atomic E-state index is 12.4. The van der Waals surface area contributed by atoms with Gasteiger partial charge < -0.3 is 20.1 Å². The SMILES string of the molecule is COC1(C(=O)Nc2ccc(OCC(F)(F)F)nc2)CCNCC1.Cl.Cl. The van der Waals surface area contributed by atoms with Gasteiger partial charge in [-0.15, -0.1) is 24.8 Å². The maximum Gasteiger partial charge on any atom is 0.422 e. The number of rotatable bonds is 5. The number of ether oxygens (including phenoxy) is 2. The number of carbonyl (C=O) groups is 1. The van der Waals surface area contributed by atoms with Gasteiger partial charge in [0.05, 0.1) is 11.9 Å². The molecule has 0 spiro atoms. The molecule has 0 atom stereocenters. The van der Waals surface area contributed by atoms with Crippen LogP contribution in [-0.2, 0) is 9.53 Å². The van der Waals surface area contributed by atoms with E-state index < -0.39 is 18.4 Å². The summed E-state index contributed by atoms with van der Waals surface area (Å²) in [5.74, 6) is -0.462. The number of hydrogen-bond acceptors (Lipinski definition) is 5. The number of piperidine rings is 1. The maximum atomic E-state index is 12.4. The number of carbonyl (C=O) groups excluding carboxylic acids is 1. The zero-order chi connectivity index (χ0) is 16.9. The minimum atomic E-state index is -4.42. The van der Waals surface area contributed by atoms with E-state index in [0.29, 0.717) is 31.6 Å². The second kappa shape index (κ2) is 10.0. The number of amides is 1. The molecule has 1 aromatic heterocycles. The van der Waals surface area contributed by atoms with Crippen LogP contribution in [0.25, 0.3) is 0 Å². The van der Waals surface area contributed by atoms with Gasteiger partial charge in [-0.1, -0.05) is 0 Å². The predicted molar refractivity (Wildman–Crippen MR) is 90.8 cm³/mol. The molecule has 1 aromatic rings. The van der Waals surface area contributed by atoms with Gasteiger partial charge in [0.2, 0.25) is 5.88 Å². The minimum absolute atomic E-state index is 0. The Balaban J connectivity index is 0.00000288. The third-order valence-corrected chi connectivity index (χ3v) is 3.59. The molecule has 11 heteroatoms. The third-order valence-electron chi connectivity index (χ3n) is 3.59. The number of hydrogen-bond donors (Lipinski definition) is 2. The van der Waals surface area contributed by atoms with Gasteiger partial charge >= 0.3 is 6.18 Å². The second-order valence-electron chi connectivity index (χ2n) is 5.19. The number of anilines is 1. The van der Waals surface area contributed by atoms with Crippen molar-refractivity contribution in [3.8, 4) is 5.88 Å². The van der Waals surface area contributed by atoms with Crippen LogP contribution >= 0.6 is 24.8 Å². The monoisotopic (exact) mass is 405 g/mol. The average Bonchev–Trinajstić information content (AvgIpc) is 2.54. The first-order chi connectivity index (χ1) is 10.8. The van der Waals surface area contributed by atoms with Crippen LogP contribution < -0.4 is 15.4 Å². The van der Waals surface area contributed by atoms with E-state index in [9.17, 15) is 18.0 Å². The molecule has 25 heavy (non-hydrogen) atoms. The molecule has 1 fully saturated rings. The Labute approximate surface area is 155 Å². The van der Waals surface area contributed by atoms with Crippen molar-refractivity contribution >= 4 is 36.4 Å².